The molecule has 0 aliphatic carbocycles. The van der Waals surface area contributed by atoms with Crippen molar-refractivity contribution in [2.75, 3.05) is 0 Å². The first-order chi connectivity index (χ1) is 8.78. The summed E-state index contributed by atoms with van der Waals surface area (Å²) < 4.78 is 99.3. The number of halogens is 10. The molecule has 0 saturated heterocycles. The van der Waals surface area contributed by atoms with E-state index in [-0.39, 0.29) is 12.4 Å². The first kappa shape index (κ1) is 20.2. The molecule has 0 radical (unpaired) electrons. The molecule has 1 aromatic carbocycles. The molecule has 1 rings (SSSR count). The molecule has 0 aromatic heterocycles. The number of hydrogen-bond acceptors (Lipinski definition) is 1. The largest absolute Gasteiger partial charge is 0.455 e. The van der Waals surface area contributed by atoms with Crippen LogP contribution in [0.25, 0.3) is 0 Å². The predicted molar refractivity (Wildman–Crippen MR) is 61.6 cm³/mol. The van der Waals surface area contributed by atoms with Gasteiger partial charge in [-0.15, -0.1) is 12.4 Å². The van der Waals surface area contributed by atoms with Crippen molar-refractivity contribution in [3.8, 4) is 0 Å². The van der Waals surface area contributed by atoms with Crippen LogP contribution >= 0.6 is 24.0 Å². The molecule has 0 heterocycles. The first-order valence-electron chi connectivity index (χ1n) is 4.85. The van der Waals surface area contributed by atoms with Crippen LogP contribution in [0.3, 0.4) is 0 Å². The van der Waals surface area contributed by atoms with Gasteiger partial charge in [-0.2, -0.15) is 35.1 Å². The highest BCUT2D eigenvalue weighted by atomic mass is 35.5. The third kappa shape index (κ3) is 4.10. The minimum absolute atomic E-state index is 0. The summed E-state index contributed by atoms with van der Waals surface area (Å²) in [4.78, 5) is 0. The first-order valence-corrected chi connectivity index (χ1v) is 5.23. The summed E-state index contributed by atoms with van der Waals surface area (Å²) in [5.74, 6) is -5.30. The lowest BCUT2D eigenvalue weighted by atomic mass is 9.99. The average Bonchev–Trinajstić information content (AvgIpc) is 2.24. The molecule has 0 unspecified atom stereocenters. The zero-order valence-electron chi connectivity index (χ0n) is 9.70. The quantitative estimate of drug-likeness (QED) is 0.737. The van der Waals surface area contributed by atoms with E-state index in [0.29, 0.717) is 18.2 Å². The van der Waals surface area contributed by atoms with E-state index in [1.54, 1.807) is 0 Å². The standard InChI is InChI=1S/C10H6ClF8N.ClH/c11-6-3-4(1-2-5(6)9(14,15)16)7(20)8(12,13)10(17,18)19;/h1-3,7H,20H2;1H/t7-;/m1./s1. The van der Waals surface area contributed by atoms with Crippen molar-refractivity contribution in [3.63, 3.8) is 0 Å². The van der Waals surface area contributed by atoms with Crippen molar-refractivity contribution in [3.05, 3.63) is 34.3 Å². The molecular weight excluding hydrogens is 357 g/mol. The van der Waals surface area contributed by atoms with Gasteiger partial charge in [-0.3, -0.25) is 0 Å². The summed E-state index contributed by atoms with van der Waals surface area (Å²) >= 11 is 5.22. The molecule has 0 bridgehead atoms. The number of nitrogens with two attached hydrogens (primary N) is 1. The van der Waals surface area contributed by atoms with Crippen LogP contribution in [-0.2, 0) is 6.18 Å². The molecule has 2 N–H and O–H groups in total. The normalized spacial score (nSPS) is 14.6. The summed E-state index contributed by atoms with van der Waals surface area (Å²) in [6.45, 7) is 0. The van der Waals surface area contributed by atoms with Crippen LogP contribution in [0, 0.1) is 0 Å². The molecule has 0 fully saturated rings. The van der Waals surface area contributed by atoms with Gasteiger partial charge in [-0.05, 0) is 17.7 Å². The Balaban J connectivity index is 0.00000400. The molecule has 0 saturated carbocycles. The van der Waals surface area contributed by atoms with Gasteiger partial charge in [0.05, 0.1) is 10.6 Å². The fourth-order valence-electron chi connectivity index (χ4n) is 1.34. The van der Waals surface area contributed by atoms with E-state index < -0.39 is 40.5 Å². The van der Waals surface area contributed by atoms with E-state index in [1.807, 2.05) is 0 Å². The molecule has 11 heteroatoms. The van der Waals surface area contributed by atoms with E-state index >= 15 is 0 Å². The highest BCUT2D eigenvalue weighted by molar-refractivity contribution is 6.31. The zero-order valence-corrected chi connectivity index (χ0v) is 11.3. The highest BCUT2D eigenvalue weighted by Crippen LogP contribution is 2.44. The average molecular weight is 364 g/mol. The molecule has 21 heavy (non-hydrogen) atoms. The van der Waals surface area contributed by atoms with E-state index in [0.717, 1.165) is 0 Å². The number of benzene rings is 1. The second-order valence-electron chi connectivity index (χ2n) is 3.84. The Morgan fingerprint density at radius 1 is 0.952 bits per heavy atom. The van der Waals surface area contributed by atoms with Crippen LogP contribution in [-0.4, -0.2) is 12.1 Å². The lowest BCUT2D eigenvalue weighted by Crippen LogP contribution is -2.45. The van der Waals surface area contributed by atoms with Crippen molar-refractivity contribution in [1.29, 1.82) is 0 Å². The molecule has 1 atom stereocenters. The minimum Gasteiger partial charge on any atom is -0.319 e. The van der Waals surface area contributed by atoms with Gasteiger partial charge < -0.3 is 5.73 Å². The lowest BCUT2D eigenvalue weighted by Gasteiger charge is -2.26. The van der Waals surface area contributed by atoms with Gasteiger partial charge in [0, 0.05) is 0 Å². The molecular formula is C10H7Cl2F8N. The Bertz CT molecular complexity index is 497. The smallest absolute Gasteiger partial charge is 0.319 e. The van der Waals surface area contributed by atoms with Crippen molar-refractivity contribution in [1.82, 2.24) is 0 Å². The number of rotatable bonds is 2. The number of hydrogen-bond donors (Lipinski definition) is 1. The van der Waals surface area contributed by atoms with Crippen LogP contribution in [0.5, 0.6) is 0 Å². The topological polar surface area (TPSA) is 26.0 Å². The second-order valence-corrected chi connectivity index (χ2v) is 4.24. The third-order valence-electron chi connectivity index (χ3n) is 2.43. The van der Waals surface area contributed by atoms with E-state index in [1.165, 1.54) is 0 Å². The Morgan fingerprint density at radius 3 is 1.76 bits per heavy atom. The van der Waals surface area contributed by atoms with Gasteiger partial charge in [0.2, 0.25) is 0 Å². The lowest BCUT2D eigenvalue weighted by molar-refractivity contribution is -0.291. The summed E-state index contributed by atoms with van der Waals surface area (Å²) in [7, 11) is 0. The van der Waals surface area contributed by atoms with Crippen molar-refractivity contribution >= 4 is 24.0 Å². The molecule has 0 amide bonds. The van der Waals surface area contributed by atoms with Gasteiger partial charge in [0.15, 0.2) is 0 Å². The molecule has 0 aliphatic rings. The molecule has 122 valence electrons. The second kappa shape index (κ2) is 6.13. The van der Waals surface area contributed by atoms with Crippen molar-refractivity contribution < 1.29 is 35.1 Å². The van der Waals surface area contributed by atoms with Crippen LogP contribution < -0.4 is 5.73 Å². The Kier molecular flexibility index (Phi) is 5.90. The van der Waals surface area contributed by atoms with Crippen molar-refractivity contribution in [2.24, 2.45) is 5.73 Å². The summed E-state index contributed by atoms with van der Waals surface area (Å²) in [6.07, 6.45) is -10.8. The maximum atomic E-state index is 13.0. The van der Waals surface area contributed by atoms with Crippen LogP contribution in [0.1, 0.15) is 17.2 Å². The maximum absolute atomic E-state index is 13.0. The zero-order chi connectivity index (χ0) is 15.9. The monoisotopic (exact) mass is 363 g/mol. The highest BCUT2D eigenvalue weighted by Gasteiger charge is 2.61. The van der Waals surface area contributed by atoms with Crippen LogP contribution in [0.2, 0.25) is 5.02 Å². The summed E-state index contributed by atoms with van der Waals surface area (Å²) in [5.41, 5.74) is 2.56. The van der Waals surface area contributed by atoms with Crippen molar-refractivity contribution in [2.45, 2.75) is 24.3 Å². The van der Waals surface area contributed by atoms with E-state index in [9.17, 15) is 35.1 Å². The fourth-order valence-corrected chi connectivity index (χ4v) is 1.64. The minimum atomic E-state index is -5.93. The SMILES string of the molecule is Cl.N[C@H](c1ccc(C(F)(F)F)c(Cl)c1)C(F)(F)C(F)(F)F. The van der Waals surface area contributed by atoms with Crippen LogP contribution in [0.15, 0.2) is 18.2 Å². The molecule has 1 nitrogen and oxygen atoms in total. The van der Waals surface area contributed by atoms with Gasteiger partial charge in [0.25, 0.3) is 0 Å². The van der Waals surface area contributed by atoms with Gasteiger partial charge in [0.1, 0.15) is 6.04 Å². The Morgan fingerprint density at radius 2 is 1.43 bits per heavy atom. The maximum Gasteiger partial charge on any atom is 0.455 e. The Labute approximate surface area is 124 Å². The van der Waals surface area contributed by atoms with Gasteiger partial charge >= 0.3 is 18.3 Å². The van der Waals surface area contributed by atoms with Gasteiger partial charge in [-0.25, -0.2) is 0 Å². The molecule has 0 aliphatic heterocycles. The number of alkyl halides is 8. The van der Waals surface area contributed by atoms with Crippen LogP contribution in [0.4, 0.5) is 35.1 Å². The molecule has 1 aromatic rings. The Hall–Kier alpha value is -0.800. The summed E-state index contributed by atoms with van der Waals surface area (Å²) in [5, 5.41) is -1.01. The molecule has 0 spiro atoms. The predicted octanol–water partition coefficient (Wildman–Crippen LogP) is 4.98. The van der Waals surface area contributed by atoms with E-state index in [2.05, 4.69) is 0 Å². The van der Waals surface area contributed by atoms with Gasteiger partial charge in [-0.1, -0.05) is 17.7 Å². The summed E-state index contributed by atoms with van der Waals surface area (Å²) in [6, 6.07) is -1.79. The van der Waals surface area contributed by atoms with E-state index in [4.69, 9.17) is 17.3 Å². The fraction of sp³-hybridized carbons (Fsp3) is 0.400. The third-order valence-corrected chi connectivity index (χ3v) is 2.74.